The summed E-state index contributed by atoms with van der Waals surface area (Å²) in [5.74, 6) is 0.973. The third kappa shape index (κ3) is 8.40. The zero-order valence-electron chi connectivity index (χ0n) is 18.5. The molecule has 0 bridgehead atoms. The van der Waals surface area contributed by atoms with Gasteiger partial charge in [0.2, 0.25) is 11.8 Å². The summed E-state index contributed by atoms with van der Waals surface area (Å²) in [5.41, 5.74) is 3.07. The van der Waals surface area contributed by atoms with Gasteiger partial charge in [0, 0.05) is 28.9 Å². The molecule has 1 unspecified atom stereocenters. The number of thioether (sulfide) groups is 1. The van der Waals surface area contributed by atoms with Gasteiger partial charge in [-0.3, -0.25) is 9.59 Å². The maximum Gasteiger partial charge on any atom is 0.242 e. The average molecular weight is 481 g/mol. The van der Waals surface area contributed by atoms with Gasteiger partial charge in [-0.25, -0.2) is 0 Å². The number of amides is 2. The van der Waals surface area contributed by atoms with Gasteiger partial charge in [0.25, 0.3) is 0 Å². The van der Waals surface area contributed by atoms with Crippen molar-refractivity contribution in [1.82, 2.24) is 10.2 Å². The molecular weight excluding hydrogens is 451 g/mol. The highest BCUT2D eigenvalue weighted by molar-refractivity contribution is 7.99. The summed E-state index contributed by atoms with van der Waals surface area (Å²) >= 11 is 13.7. The van der Waals surface area contributed by atoms with Crippen LogP contribution in [0.4, 0.5) is 0 Å². The van der Waals surface area contributed by atoms with E-state index in [0.29, 0.717) is 34.8 Å². The molecule has 2 amide bonds. The second kappa shape index (κ2) is 12.4. The van der Waals surface area contributed by atoms with Crippen LogP contribution in [0.5, 0.6) is 0 Å². The van der Waals surface area contributed by atoms with Gasteiger partial charge in [-0.15, -0.1) is 11.8 Å². The quantitative estimate of drug-likeness (QED) is 0.472. The third-order valence-electron chi connectivity index (χ3n) is 4.82. The number of carbonyl (C=O) groups excluding carboxylic acids is 2. The molecule has 0 aliphatic carbocycles. The van der Waals surface area contributed by atoms with Crippen molar-refractivity contribution in [2.45, 2.75) is 46.0 Å². The van der Waals surface area contributed by atoms with Crippen molar-refractivity contribution < 1.29 is 9.59 Å². The highest BCUT2D eigenvalue weighted by Crippen LogP contribution is 2.25. The van der Waals surface area contributed by atoms with Crippen LogP contribution in [0, 0.1) is 12.8 Å². The summed E-state index contributed by atoms with van der Waals surface area (Å²) in [4.78, 5) is 27.4. The number of halogens is 2. The lowest BCUT2D eigenvalue weighted by Gasteiger charge is -2.29. The molecule has 7 heteroatoms. The Labute approximate surface area is 199 Å². The standard InChI is InChI=1S/C24H30Cl2N2O2S/c1-16(2)12-27-24(30)18(4)28(13-19-7-5-17(3)6-8-19)23(29)15-31-14-20-9-10-21(25)11-22(20)26/h5-11,16,18H,12-15H2,1-4H3,(H,27,30). The molecule has 0 spiro atoms. The Morgan fingerprint density at radius 3 is 2.35 bits per heavy atom. The van der Waals surface area contributed by atoms with Crippen LogP contribution in [-0.4, -0.2) is 35.1 Å². The van der Waals surface area contributed by atoms with E-state index in [2.05, 4.69) is 5.32 Å². The van der Waals surface area contributed by atoms with E-state index in [1.807, 2.05) is 51.1 Å². The number of hydrogen-bond acceptors (Lipinski definition) is 3. The van der Waals surface area contributed by atoms with Crippen molar-refractivity contribution in [3.8, 4) is 0 Å². The highest BCUT2D eigenvalue weighted by Gasteiger charge is 2.26. The van der Waals surface area contributed by atoms with E-state index in [9.17, 15) is 9.59 Å². The minimum atomic E-state index is -0.563. The Balaban J connectivity index is 2.07. The molecule has 2 rings (SSSR count). The lowest BCUT2D eigenvalue weighted by atomic mass is 10.1. The van der Waals surface area contributed by atoms with E-state index in [0.717, 1.165) is 16.7 Å². The van der Waals surface area contributed by atoms with E-state index < -0.39 is 6.04 Å². The highest BCUT2D eigenvalue weighted by atomic mass is 35.5. The molecule has 0 fully saturated rings. The van der Waals surface area contributed by atoms with Crippen LogP contribution in [0.15, 0.2) is 42.5 Å². The van der Waals surface area contributed by atoms with Gasteiger partial charge < -0.3 is 10.2 Å². The first-order valence-electron chi connectivity index (χ1n) is 10.3. The molecule has 2 aromatic rings. The predicted octanol–water partition coefficient (Wildman–Crippen LogP) is 5.72. The van der Waals surface area contributed by atoms with Gasteiger partial charge >= 0.3 is 0 Å². The molecule has 0 aliphatic heterocycles. The van der Waals surface area contributed by atoms with E-state index >= 15 is 0 Å². The molecule has 0 saturated heterocycles. The van der Waals surface area contributed by atoms with Gasteiger partial charge in [0.05, 0.1) is 5.75 Å². The fourth-order valence-electron chi connectivity index (χ4n) is 2.90. The number of nitrogens with zero attached hydrogens (tertiary/aromatic N) is 1. The van der Waals surface area contributed by atoms with E-state index in [4.69, 9.17) is 23.2 Å². The van der Waals surface area contributed by atoms with Crippen LogP contribution in [0.2, 0.25) is 10.0 Å². The Kier molecular flexibility index (Phi) is 10.2. The number of rotatable bonds is 10. The molecule has 168 valence electrons. The van der Waals surface area contributed by atoms with Crippen LogP contribution < -0.4 is 5.32 Å². The van der Waals surface area contributed by atoms with Crippen molar-refractivity contribution >= 4 is 46.8 Å². The average Bonchev–Trinajstić information content (AvgIpc) is 2.72. The van der Waals surface area contributed by atoms with E-state index in [-0.39, 0.29) is 17.6 Å². The lowest BCUT2D eigenvalue weighted by Crippen LogP contribution is -2.48. The van der Waals surface area contributed by atoms with Crippen LogP contribution in [0.1, 0.15) is 37.5 Å². The Bertz CT molecular complexity index is 888. The van der Waals surface area contributed by atoms with Gasteiger partial charge in [-0.1, -0.05) is 72.9 Å². The van der Waals surface area contributed by atoms with Crippen molar-refractivity contribution in [1.29, 1.82) is 0 Å². The summed E-state index contributed by atoms with van der Waals surface area (Å²) < 4.78 is 0. The SMILES string of the molecule is Cc1ccc(CN(C(=O)CSCc2ccc(Cl)cc2Cl)C(C)C(=O)NCC(C)C)cc1. The van der Waals surface area contributed by atoms with Crippen LogP contribution in [0.3, 0.4) is 0 Å². The monoisotopic (exact) mass is 480 g/mol. The first-order chi connectivity index (χ1) is 14.7. The topological polar surface area (TPSA) is 49.4 Å². The number of hydrogen-bond donors (Lipinski definition) is 1. The maximum atomic E-state index is 13.1. The van der Waals surface area contributed by atoms with Crippen LogP contribution in [-0.2, 0) is 21.9 Å². The molecule has 1 atom stereocenters. The third-order valence-corrected chi connectivity index (χ3v) is 6.38. The molecular formula is C24H30Cl2N2O2S. The fraction of sp³-hybridized carbons (Fsp3) is 0.417. The lowest BCUT2D eigenvalue weighted by molar-refractivity contribution is -0.138. The van der Waals surface area contributed by atoms with Gasteiger partial charge in [-0.05, 0) is 43.0 Å². The van der Waals surface area contributed by atoms with Crippen molar-refractivity contribution in [2.24, 2.45) is 5.92 Å². The molecule has 0 radical (unpaired) electrons. The second-order valence-corrected chi connectivity index (χ2v) is 9.88. The van der Waals surface area contributed by atoms with Crippen molar-refractivity contribution in [2.75, 3.05) is 12.3 Å². The van der Waals surface area contributed by atoms with Crippen LogP contribution in [0.25, 0.3) is 0 Å². The van der Waals surface area contributed by atoms with Gasteiger partial charge in [-0.2, -0.15) is 0 Å². The molecule has 0 aromatic heterocycles. The number of nitrogens with one attached hydrogen (secondary N) is 1. The normalized spacial score (nSPS) is 12.0. The smallest absolute Gasteiger partial charge is 0.242 e. The largest absolute Gasteiger partial charge is 0.354 e. The Morgan fingerprint density at radius 1 is 1.06 bits per heavy atom. The van der Waals surface area contributed by atoms with Gasteiger partial charge in [0.1, 0.15) is 6.04 Å². The molecule has 31 heavy (non-hydrogen) atoms. The van der Waals surface area contributed by atoms with Gasteiger partial charge in [0.15, 0.2) is 0 Å². The summed E-state index contributed by atoms with van der Waals surface area (Å²) in [5, 5.41) is 4.11. The Morgan fingerprint density at radius 2 is 1.74 bits per heavy atom. The first-order valence-corrected chi connectivity index (χ1v) is 12.2. The number of aryl methyl sites for hydroxylation is 1. The molecule has 1 N–H and O–H groups in total. The summed E-state index contributed by atoms with van der Waals surface area (Å²) in [6.45, 7) is 8.85. The Hall–Kier alpha value is -1.69. The van der Waals surface area contributed by atoms with Crippen LogP contribution >= 0.6 is 35.0 Å². The predicted molar refractivity (Wildman–Crippen MR) is 132 cm³/mol. The molecule has 4 nitrogen and oxygen atoms in total. The molecule has 0 heterocycles. The summed E-state index contributed by atoms with van der Waals surface area (Å²) in [6.07, 6.45) is 0. The van der Waals surface area contributed by atoms with Crippen molar-refractivity contribution in [3.63, 3.8) is 0 Å². The number of benzene rings is 2. The molecule has 0 saturated carbocycles. The minimum absolute atomic E-state index is 0.0807. The molecule has 2 aromatic carbocycles. The first kappa shape index (κ1) is 25.6. The van der Waals surface area contributed by atoms with Crippen molar-refractivity contribution in [3.05, 3.63) is 69.2 Å². The zero-order valence-corrected chi connectivity index (χ0v) is 20.8. The summed E-state index contributed by atoms with van der Waals surface area (Å²) in [7, 11) is 0. The fourth-order valence-corrected chi connectivity index (χ4v) is 4.36. The maximum absolute atomic E-state index is 13.1. The summed E-state index contributed by atoms with van der Waals surface area (Å²) in [6, 6.07) is 12.8. The van der Waals surface area contributed by atoms with E-state index in [1.165, 1.54) is 11.8 Å². The van der Waals surface area contributed by atoms with E-state index in [1.54, 1.807) is 24.0 Å². The number of carbonyl (C=O) groups is 2. The minimum Gasteiger partial charge on any atom is -0.354 e. The molecule has 0 aliphatic rings. The zero-order chi connectivity index (χ0) is 23.0. The second-order valence-electron chi connectivity index (χ2n) is 8.05.